The monoisotopic (exact) mass is 328 g/mol. The summed E-state index contributed by atoms with van der Waals surface area (Å²) < 4.78 is 27.1. The third-order valence-electron chi connectivity index (χ3n) is 4.71. The molecule has 1 aromatic rings. The Balaban J connectivity index is 1.81. The molecule has 6 heteroatoms. The van der Waals surface area contributed by atoms with E-state index in [0.717, 1.165) is 6.54 Å². The van der Waals surface area contributed by atoms with Crippen LogP contribution in [0.3, 0.4) is 0 Å². The fraction of sp³-hybridized carbons (Fsp3) is 0.600. The fourth-order valence-corrected chi connectivity index (χ4v) is 5.21. The van der Waals surface area contributed by atoms with E-state index in [1.54, 1.807) is 28.6 Å². The molecule has 116 valence electrons. The Morgan fingerprint density at radius 3 is 2.48 bits per heavy atom. The van der Waals surface area contributed by atoms with E-state index in [1.807, 2.05) is 0 Å². The van der Waals surface area contributed by atoms with E-state index in [9.17, 15) is 8.42 Å². The van der Waals surface area contributed by atoms with E-state index in [0.29, 0.717) is 23.7 Å². The van der Waals surface area contributed by atoms with Gasteiger partial charge in [0.25, 0.3) is 0 Å². The van der Waals surface area contributed by atoms with Crippen molar-refractivity contribution in [2.75, 3.05) is 19.6 Å². The van der Waals surface area contributed by atoms with Gasteiger partial charge in [0.05, 0.1) is 5.02 Å². The molecule has 0 radical (unpaired) electrons. The third kappa shape index (κ3) is 2.72. The zero-order valence-electron chi connectivity index (χ0n) is 12.4. The Bertz CT molecular complexity index is 643. The molecule has 1 aliphatic carbocycles. The van der Waals surface area contributed by atoms with Crippen molar-refractivity contribution in [3.05, 3.63) is 29.3 Å². The summed E-state index contributed by atoms with van der Waals surface area (Å²) in [5.74, 6) is 0. The average molecular weight is 329 g/mol. The van der Waals surface area contributed by atoms with Crippen LogP contribution in [0.15, 0.2) is 29.2 Å². The first-order valence-corrected chi connectivity index (χ1v) is 9.18. The Morgan fingerprint density at radius 2 is 1.90 bits per heavy atom. The van der Waals surface area contributed by atoms with E-state index < -0.39 is 10.0 Å². The highest BCUT2D eigenvalue weighted by atomic mass is 35.5. The van der Waals surface area contributed by atoms with Crippen LogP contribution in [0.1, 0.15) is 26.7 Å². The quantitative estimate of drug-likeness (QED) is 0.856. The van der Waals surface area contributed by atoms with Gasteiger partial charge in [-0.2, -0.15) is 4.31 Å². The lowest BCUT2D eigenvalue weighted by molar-refractivity contribution is 0.0783. The second-order valence-electron chi connectivity index (χ2n) is 6.33. The summed E-state index contributed by atoms with van der Waals surface area (Å²) in [5, 5.41) is 0.293. The van der Waals surface area contributed by atoms with Gasteiger partial charge in [0, 0.05) is 31.2 Å². The number of benzene rings is 1. The topological polar surface area (TPSA) is 40.6 Å². The van der Waals surface area contributed by atoms with Crippen molar-refractivity contribution in [3.8, 4) is 0 Å². The van der Waals surface area contributed by atoms with Crippen LogP contribution in [0.25, 0.3) is 0 Å². The minimum Gasteiger partial charge on any atom is -0.293 e. The number of sulfonamides is 1. The van der Waals surface area contributed by atoms with Crippen LogP contribution in [-0.4, -0.2) is 48.8 Å². The summed E-state index contributed by atoms with van der Waals surface area (Å²) in [7, 11) is -3.50. The van der Waals surface area contributed by atoms with Crippen molar-refractivity contribution >= 4 is 21.6 Å². The predicted molar refractivity (Wildman–Crippen MR) is 84.0 cm³/mol. The average Bonchev–Trinajstić information content (AvgIpc) is 3.17. The van der Waals surface area contributed by atoms with E-state index in [4.69, 9.17) is 11.6 Å². The van der Waals surface area contributed by atoms with Gasteiger partial charge < -0.3 is 0 Å². The first-order chi connectivity index (χ1) is 9.84. The first kappa shape index (κ1) is 15.3. The molecule has 0 spiro atoms. The third-order valence-corrected chi connectivity index (χ3v) is 7.08. The second kappa shape index (κ2) is 5.23. The zero-order valence-corrected chi connectivity index (χ0v) is 14.0. The van der Waals surface area contributed by atoms with Crippen molar-refractivity contribution < 1.29 is 8.42 Å². The highest BCUT2D eigenvalue weighted by Gasteiger charge is 2.47. The molecule has 3 rings (SSSR count). The maximum absolute atomic E-state index is 12.7. The Kier molecular flexibility index (Phi) is 3.81. The number of nitrogens with zero attached hydrogens (tertiary/aromatic N) is 2. The molecule has 1 aliphatic heterocycles. The molecule has 1 saturated heterocycles. The molecular weight excluding hydrogens is 308 g/mol. The van der Waals surface area contributed by atoms with Crippen LogP contribution < -0.4 is 0 Å². The first-order valence-electron chi connectivity index (χ1n) is 7.36. The van der Waals surface area contributed by atoms with E-state index in [1.165, 1.54) is 12.8 Å². The number of hydrogen-bond donors (Lipinski definition) is 0. The molecule has 1 saturated carbocycles. The number of piperazine rings is 1. The molecular formula is C15H21ClN2O2S. The van der Waals surface area contributed by atoms with Crippen LogP contribution in [0.5, 0.6) is 0 Å². The fourth-order valence-electron chi connectivity index (χ4n) is 3.21. The minimum atomic E-state index is -3.50. The molecule has 0 N–H and O–H groups in total. The predicted octanol–water partition coefficient (Wildman–Crippen LogP) is 2.59. The van der Waals surface area contributed by atoms with Gasteiger partial charge in [0.1, 0.15) is 4.90 Å². The van der Waals surface area contributed by atoms with Gasteiger partial charge in [0.2, 0.25) is 10.0 Å². The summed E-state index contributed by atoms with van der Waals surface area (Å²) >= 11 is 6.06. The van der Waals surface area contributed by atoms with Gasteiger partial charge in [-0.05, 0) is 38.8 Å². The van der Waals surface area contributed by atoms with Gasteiger partial charge in [-0.25, -0.2) is 8.42 Å². The highest BCUT2D eigenvalue weighted by Crippen LogP contribution is 2.43. The smallest absolute Gasteiger partial charge is 0.244 e. The maximum atomic E-state index is 12.7. The normalized spacial score (nSPS) is 26.7. The molecule has 2 fully saturated rings. The minimum absolute atomic E-state index is 0.213. The molecule has 0 unspecified atom stereocenters. The lowest BCUT2D eigenvalue weighted by Gasteiger charge is -2.42. The molecule has 2 aliphatic rings. The molecule has 1 aromatic carbocycles. The SMILES string of the molecule is C[C@@H]1CN(S(=O)(=O)c2ccccc2Cl)CCN1C1(C)CC1. The summed E-state index contributed by atoms with van der Waals surface area (Å²) in [5.41, 5.74) is 0.291. The van der Waals surface area contributed by atoms with Crippen molar-refractivity contribution in [3.63, 3.8) is 0 Å². The largest absolute Gasteiger partial charge is 0.293 e. The summed E-state index contributed by atoms with van der Waals surface area (Å²) in [4.78, 5) is 2.66. The molecule has 0 bridgehead atoms. The lowest BCUT2D eigenvalue weighted by atomic mass is 10.1. The number of halogens is 1. The molecule has 0 amide bonds. The molecule has 4 nitrogen and oxygen atoms in total. The van der Waals surface area contributed by atoms with Gasteiger partial charge in [0.15, 0.2) is 0 Å². The van der Waals surface area contributed by atoms with Gasteiger partial charge in [-0.3, -0.25) is 4.90 Å². The van der Waals surface area contributed by atoms with Crippen molar-refractivity contribution in [2.24, 2.45) is 0 Å². The Hall–Kier alpha value is -0.620. The lowest BCUT2D eigenvalue weighted by Crippen LogP contribution is -2.56. The van der Waals surface area contributed by atoms with Crippen molar-refractivity contribution in [1.29, 1.82) is 0 Å². The van der Waals surface area contributed by atoms with Gasteiger partial charge >= 0.3 is 0 Å². The highest BCUT2D eigenvalue weighted by molar-refractivity contribution is 7.89. The number of hydrogen-bond acceptors (Lipinski definition) is 3. The maximum Gasteiger partial charge on any atom is 0.244 e. The van der Waals surface area contributed by atoms with E-state index in [2.05, 4.69) is 18.7 Å². The standard InChI is InChI=1S/C15H21ClN2O2S/c1-12-11-17(9-10-18(12)15(2)7-8-15)21(19,20)14-6-4-3-5-13(14)16/h3-6,12H,7-11H2,1-2H3/t12-/m1/s1. The zero-order chi connectivity index (χ0) is 15.3. The van der Waals surface area contributed by atoms with Crippen molar-refractivity contribution in [2.45, 2.75) is 43.2 Å². The summed E-state index contributed by atoms with van der Waals surface area (Å²) in [6.07, 6.45) is 2.43. The number of rotatable bonds is 3. The van der Waals surface area contributed by atoms with Crippen molar-refractivity contribution in [1.82, 2.24) is 9.21 Å². The van der Waals surface area contributed by atoms with Crippen LogP contribution in [0.2, 0.25) is 5.02 Å². The van der Waals surface area contributed by atoms with Crippen LogP contribution in [0.4, 0.5) is 0 Å². The molecule has 0 aromatic heterocycles. The molecule has 1 heterocycles. The molecule has 21 heavy (non-hydrogen) atoms. The summed E-state index contributed by atoms with van der Waals surface area (Å²) in [6.45, 7) is 6.23. The van der Waals surface area contributed by atoms with Crippen LogP contribution in [-0.2, 0) is 10.0 Å². The van der Waals surface area contributed by atoms with E-state index >= 15 is 0 Å². The Labute approximate surface area is 131 Å². The van der Waals surface area contributed by atoms with Crippen LogP contribution in [0, 0.1) is 0 Å². The van der Waals surface area contributed by atoms with E-state index in [-0.39, 0.29) is 10.9 Å². The van der Waals surface area contributed by atoms with Gasteiger partial charge in [-0.15, -0.1) is 0 Å². The molecule has 1 atom stereocenters. The van der Waals surface area contributed by atoms with Gasteiger partial charge in [-0.1, -0.05) is 23.7 Å². The second-order valence-corrected chi connectivity index (χ2v) is 8.65. The Morgan fingerprint density at radius 1 is 1.24 bits per heavy atom. The summed E-state index contributed by atoms with van der Waals surface area (Å²) in [6, 6.07) is 6.90. The van der Waals surface area contributed by atoms with Crippen LogP contribution >= 0.6 is 11.6 Å².